The predicted molar refractivity (Wildman–Crippen MR) is 125 cm³/mol. The van der Waals surface area contributed by atoms with E-state index >= 15 is 0 Å². The third kappa shape index (κ3) is 4.62. The summed E-state index contributed by atoms with van der Waals surface area (Å²) in [6.45, 7) is 3.17. The molecule has 33 heavy (non-hydrogen) atoms. The first-order valence-electron chi connectivity index (χ1n) is 11.3. The molecule has 0 radical (unpaired) electrons. The Labute approximate surface area is 192 Å². The first-order chi connectivity index (χ1) is 16.1. The van der Waals surface area contributed by atoms with Crippen LogP contribution in [0, 0.1) is 5.82 Å². The van der Waals surface area contributed by atoms with Gasteiger partial charge in [0.15, 0.2) is 0 Å². The monoisotopic (exact) mass is 449 g/mol. The minimum atomic E-state index is -0.465. The largest absolute Gasteiger partial charge is 0.494 e. The summed E-state index contributed by atoms with van der Waals surface area (Å²) < 4.78 is 18.7. The number of ether oxygens (including phenoxy) is 1. The van der Waals surface area contributed by atoms with E-state index in [1.165, 1.54) is 36.7 Å². The lowest BCUT2D eigenvalue weighted by atomic mass is 9.94. The van der Waals surface area contributed by atoms with Crippen molar-refractivity contribution in [3.63, 3.8) is 0 Å². The number of nitrogens with zero attached hydrogens (tertiary/aromatic N) is 4. The molecule has 2 unspecified atom stereocenters. The molecule has 2 aliphatic heterocycles. The average molecular weight is 450 g/mol. The molecule has 2 atom stereocenters. The van der Waals surface area contributed by atoms with Gasteiger partial charge < -0.3 is 20.1 Å². The van der Waals surface area contributed by atoms with E-state index in [0.717, 1.165) is 38.3 Å². The zero-order chi connectivity index (χ0) is 22.8. The van der Waals surface area contributed by atoms with Gasteiger partial charge in [0.1, 0.15) is 29.5 Å². The Hall–Kier alpha value is -3.23. The summed E-state index contributed by atoms with van der Waals surface area (Å²) in [6, 6.07) is 14.9. The van der Waals surface area contributed by atoms with Gasteiger partial charge in [0, 0.05) is 44.4 Å². The molecule has 0 amide bonds. The minimum Gasteiger partial charge on any atom is -0.494 e. The summed E-state index contributed by atoms with van der Waals surface area (Å²) in [5.41, 5.74) is 3.40. The minimum absolute atomic E-state index is 0.137. The molecule has 3 aromatic rings. The summed E-state index contributed by atoms with van der Waals surface area (Å²) in [4.78, 5) is 13.2. The second kappa shape index (κ2) is 9.33. The molecule has 0 spiro atoms. The highest BCUT2D eigenvalue weighted by atomic mass is 19.1. The molecule has 8 heteroatoms. The zero-order valence-electron chi connectivity index (χ0n) is 18.6. The second-order valence-corrected chi connectivity index (χ2v) is 8.59. The maximum atomic E-state index is 13.5. The molecule has 0 bridgehead atoms. The number of rotatable bonds is 5. The number of aliphatic hydroxyl groups is 1. The van der Waals surface area contributed by atoms with Gasteiger partial charge in [0.05, 0.1) is 18.9 Å². The Kier molecular flexibility index (Phi) is 6.11. The van der Waals surface area contributed by atoms with Crippen molar-refractivity contribution in [1.82, 2.24) is 14.9 Å². The van der Waals surface area contributed by atoms with Gasteiger partial charge in [-0.3, -0.25) is 4.90 Å². The zero-order valence-corrected chi connectivity index (χ0v) is 18.6. The number of benzene rings is 2. The van der Waals surface area contributed by atoms with Crippen molar-refractivity contribution in [1.29, 1.82) is 0 Å². The molecule has 2 aromatic carbocycles. The van der Waals surface area contributed by atoms with E-state index < -0.39 is 6.10 Å². The normalized spacial score (nSPS) is 20.9. The van der Waals surface area contributed by atoms with Crippen LogP contribution in [0.25, 0.3) is 0 Å². The molecule has 7 nitrogen and oxygen atoms in total. The highest BCUT2D eigenvalue weighted by Crippen LogP contribution is 2.30. The molecule has 0 saturated carbocycles. The molecule has 1 fully saturated rings. The van der Waals surface area contributed by atoms with Crippen molar-refractivity contribution in [3.05, 3.63) is 71.8 Å². The number of piperidine rings is 1. The highest BCUT2D eigenvalue weighted by Gasteiger charge is 2.34. The van der Waals surface area contributed by atoms with Gasteiger partial charge in [-0.1, -0.05) is 24.3 Å². The third-order valence-corrected chi connectivity index (χ3v) is 6.58. The molecule has 5 rings (SSSR count). The van der Waals surface area contributed by atoms with Crippen molar-refractivity contribution in [2.45, 2.75) is 31.5 Å². The number of aliphatic hydroxyl groups excluding tert-OH is 1. The van der Waals surface area contributed by atoms with Gasteiger partial charge in [-0.05, 0) is 36.1 Å². The summed E-state index contributed by atoms with van der Waals surface area (Å²) in [6.07, 6.45) is 2.92. The molecule has 172 valence electrons. The van der Waals surface area contributed by atoms with Crippen LogP contribution in [0.1, 0.15) is 17.5 Å². The van der Waals surface area contributed by atoms with Crippen LogP contribution in [0.5, 0.6) is 5.75 Å². The molecule has 2 aliphatic rings. The standard InChI is InChI=1S/C25H28FN5O2/c1-33-23-12-19(26)6-7-20(23)29-24-13-25(28-16-27-24)31-11-9-21(22(32)15-31)30-10-8-17-4-2-3-5-18(17)14-30/h2-7,12-13,16,21-22,32H,8-11,14-15H2,1H3,(H,27,28,29). The number of methoxy groups -OCH3 is 1. The van der Waals surface area contributed by atoms with Crippen LogP contribution in [0.2, 0.25) is 0 Å². The van der Waals surface area contributed by atoms with E-state index in [9.17, 15) is 9.50 Å². The number of fused-ring (bicyclic) bond motifs is 1. The molecular formula is C25H28FN5O2. The first kappa shape index (κ1) is 21.6. The molecular weight excluding hydrogens is 421 g/mol. The van der Waals surface area contributed by atoms with Crippen molar-refractivity contribution >= 4 is 17.3 Å². The van der Waals surface area contributed by atoms with Crippen molar-refractivity contribution < 1.29 is 14.2 Å². The van der Waals surface area contributed by atoms with Crippen molar-refractivity contribution in [3.8, 4) is 5.75 Å². The molecule has 1 saturated heterocycles. The number of hydrogen-bond donors (Lipinski definition) is 2. The third-order valence-electron chi connectivity index (χ3n) is 6.58. The Morgan fingerprint density at radius 3 is 2.76 bits per heavy atom. The lowest BCUT2D eigenvalue weighted by Crippen LogP contribution is -2.55. The quantitative estimate of drug-likeness (QED) is 0.619. The Morgan fingerprint density at radius 2 is 1.94 bits per heavy atom. The van der Waals surface area contributed by atoms with Gasteiger partial charge in [-0.2, -0.15) is 0 Å². The Balaban J connectivity index is 1.26. The number of anilines is 3. The van der Waals surface area contributed by atoms with Crippen molar-refractivity contribution in [2.24, 2.45) is 0 Å². The van der Waals surface area contributed by atoms with Gasteiger partial charge in [-0.25, -0.2) is 14.4 Å². The topological polar surface area (TPSA) is 73.8 Å². The van der Waals surface area contributed by atoms with E-state index in [1.54, 1.807) is 6.07 Å². The van der Waals surface area contributed by atoms with Crippen LogP contribution < -0.4 is 15.0 Å². The Morgan fingerprint density at radius 1 is 1.09 bits per heavy atom. The number of halogens is 1. The highest BCUT2D eigenvalue weighted by molar-refractivity contribution is 5.65. The van der Waals surface area contributed by atoms with E-state index in [0.29, 0.717) is 23.8 Å². The maximum Gasteiger partial charge on any atom is 0.145 e. The first-order valence-corrected chi connectivity index (χ1v) is 11.3. The summed E-state index contributed by atoms with van der Waals surface area (Å²) in [5, 5.41) is 14.2. The summed E-state index contributed by atoms with van der Waals surface area (Å²) in [5.74, 6) is 1.36. The van der Waals surface area contributed by atoms with Gasteiger partial charge in [0.25, 0.3) is 0 Å². The molecule has 0 aliphatic carbocycles. The fraction of sp³-hybridized carbons (Fsp3) is 0.360. The lowest BCUT2D eigenvalue weighted by molar-refractivity contribution is 0.0293. The number of β-amino-alcohol motifs (C(OH)–C–C–N with tert-alkyl or cyclic N) is 1. The second-order valence-electron chi connectivity index (χ2n) is 8.59. The Bertz CT molecular complexity index is 1130. The van der Waals surface area contributed by atoms with E-state index in [1.807, 2.05) is 6.07 Å². The predicted octanol–water partition coefficient (Wildman–Crippen LogP) is 3.37. The fourth-order valence-electron chi connectivity index (χ4n) is 4.85. The molecule has 2 N–H and O–H groups in total. The fourth-order valence-corrected chi connectivity index (χ4v) is 4.85. The summed E-state index contributed by atoms with van der Waals surface area (Å²) in [7, 11) is 1.50. The van der Waals surface area contributed by atoms with E-state index in [2.05, 4.69) is 49.4 Å². The van der Waals surface area contributed by atoms with Gasteiger partial charge in [-0.15, -0.1) is 0 Å². The number of aromatic nitrogens is 2. The van der Waals surface area contributed by atoms with E-state index in [-0.39, 0.29) is 11.9 Å². The number of hydrogen-bond acceptors (Lipinski definition) is 7. The van der Waals surface area contributed by atoms with E-state index in [4.69, 9.17) is 4.74 Å². The van der Waals surface area contributed by atoms with Crippen LogP contribution in [0.3, 0.4) is 0 Å². The van der Waals surface area contributed by atoms with Crippen LogP contribution in [0.15, 0.2) is 54.9 Å². The van der Waals surface area contributed by atoms with Crippen LogP contribution in [-0.2, 0) is 13.0 Å². The van der Waals surface area contributed by atoms with Gasteiger partial charge >= 0.3 is 0 Å². The SMILES string of the molecule is COc1cc(F)ccc1Nc1cc(N2CCC(N3CCc4ccccc4C3)C(O)C2)ncn1. The average Bonchev–Trinajstić information content (AvgIpc) is 2.85. The van der Waals surface area contributed by atoms with Crippen LogP contribution in [0.4, 0.5) is 21.7 Å². The molecule has 3 heterocycles. The summed E-state index contributed by atoms with van der Waals surface area (Å²) >= 11 is 0. The lowest BCUT2D eigenvalue weighted by Gasteiger charge is -2.43. The molecule has 1 aromatic heterocycles. The van der Waals surface area contributed by atoms with Crippen LogP contribution >= 0.6 is 0 Å². The van der Waals surface area contributed by atoms with Crippen molar-refractivity contribution in [2.75, 3.05) is 37.0 Å². The van der Waals surface area contributed by atoms with Crippen LogP contribution in [-0.4, -0.2) is 58.9 Å². The number of nitrogens with one attached hydrogen (secondary N) is 1. The maximum absolute atomic E-state index is 13.5. The van der Waals surface area contributed by atoms with Gasteiger partial charge in [0.2, 0.25) is 0 Å². The smallest absolute Gasteiger partial charge is 0.145 e.